The van der Waals surface area contributed by atoms with E-state index in [-0.39, 0.29) is 0 Å². The second kappa shape index (κ2) is 7.32. The Morgan fingerprint density at radius 1 is 1.50 bits per heavy atom. The number of thiophene rings is 1. The van der Waals surface area contributed by atoms with Crippen molar-refractivity contribution in [2.24, 2.45) is 0 Å². The van der Waals surface area contributed by atoms with Crippen LogP contribution in [-0.4, -0.2) is 18.1 Å². The summed E-state index contributed by atoms with van der Waals surface area (Å²) in [6.07, 6.45) is 1.28. The van der Waals surface area contributed by atoms with Crippen molar-refractivity contribution in [2.45, 2.75) is 26.3 Å². The van der Waals surface area contributed by atoms with Gasteiger partial charge in [-0.3, -0.25) is 0 Å². The molecule has 1 N–H and O–H groups in total. The smallest absolute Gasteiger partial charge is 0.0386 e. The molecule has 1 unspecified atom stereocenters. The van der Waals surface area contributed by atoms with Gasteiger partial charge in [0.25, 0.3) is 0 Å². The topological polar surface area (TPSA) is 12.0 Å². The average Bonchev–Trinajstić information content (AvgIpc) is 2.70. The summed E-state index contributed by atoms with van der Waals surface area (Å²) in [4.78, 5) is 1.44. The van der Waals surface area contributed by atoms with Gasteiger partial charge in [-0.2, -0.15) is 11.8 Å². The Morgan fingerprint density at radius 3 is 3.00 bits per heavy atom. The van der Waals surface area contributed by atoms with E-state index in [1.165, 1.54) is 22.8 Å². The molecule has 0 aromatic carbocycles. The molecule has 0 saturated heterocycles. The molecule has 0 aliphatic carbocycles. The lowest BCUT2D eigenvalue weighted by Gasteiger charge is -2.11. The Morgan fingerprint density at radius 2 is 2.36 bits per heavy atom. The number of nitrogens with one attached hydrogen (secondary N) is 1. The molecule has 1 aromatic heterocycles. The molecule has 1 aromatic rings. The van der Waals surface area contributed by atoms with Gasteiger partial charge in [-0.15, -0.1) is 11.3 Å². The molecule has 1 atom stereocenters. The molecule has 0 spiro atoms. The number of rotatable bonds is 7. The second-order valence-electron chi connectivity index (χ2n) is 3.30. The summed E-state index contributed by atoms with van der Waals surface area (Å²) in [5.74, 6) is 2.51. The van der Waals surface area contributed by atoms with E-state index in [9.17, 15) is 0 Å². The Bertz CT molecular complexity index is 221. The van der Waals surface area contributed by atoms with Crippen LogP contribution in [-0.2, 0) is 0 Å². The number of thioether (sulfide) groups is 1. The van der Waals surface area contributed by atoms with Crippen LogP contribution in [0.15, 0.2) is 17.5 Å². The fourth-order valence-corrected chi connectivity index (χ4v) is 2.75. The molecule has 14 heavy (non-hydrogen) atoms. The van der Waals surface area contributed by atoms with Crippen LogP contribution in [0.1, 0.15) is 31.2 Å². The zero-order valence-corrected chi connectivity index (χ0v) is 10.6. The van der Waals surface area contributed by atoms with E-state index in [1.54, 1.807) is 0 Å². The van der Waals surface area contributed by atoms with Gasteiger partial charge in [-0.1, -0.05) is 13.0 Å². The van der Waals surface area contributed by atoms with Gasteiger partial charge in [0.1, 0.15) is 0 Å². The first kappa shape index (κ1) is 12.1. The number of hydrogen-bond acceptors (Lipinski definition) is 3. The molecule has 0 radical (unpaired) electrons. The summed E-state index contributed by atoms with van der Waals surface area (Å²) in [7, 11) is 0. The highest BCUT2D eigenvalue weighted by atomic mass is 32.2. The summed E-state index contributed by atoms with van der Waals surface area (Å²) >= 11 is 3.86. The van der Waals surface area contributed by atoms with Gasteiger partial charge in [-0.25, -0.2) is 0 Å². The first-order chi connectivity index (χ1) is 6.84. The molecular formula is C11H19NS2. The van der Waals surface area contributed by atoms with Crippen molar-refractivity contribution in [3.63, 3.8) is 0 Å². The van der Waals surface area contributed by atoms with E-state index in [2.05, 4.69) is 36.7 Å². The van der Waals surface area contributed by atoms with Crippen LogP contribution < -0.4 is 5.32 Å². The molecule has 1 rings (SSSR count). The Balaban J connectivity index is 2.07. The van der Waals surface area contributed by atoms with E-state index in [1.807, 2.05) is 23.1 Å². The maximum absolute atomic E-state index is 3.53. The molecule has 1 heterocycles. The lowest BCUT2D eigenvalue weighted by Crippen LogP contribution is -2.20. The zero-order valence-electron chi connectivity index (χ0n) is 8.95. The monoisotopic (exact) mass is 229 g/mol. The van der Waals surface area contributed by atoms with Gasteiger partial charge in [-0.05, 0) is 30.5 Å². The van der Waals surface area contributed by atoms with Crippen LogP contribution >= 0.6 is 23.1 Å². The maximum atomic E-state index is 3.53. The highest BCUT2D eigenvalue weighted by molar-refractivity contribution is 7.99. The quantitative estimate of drug-likeness (QED) is 0.718. The van der Waals surface area contributed by atoms with Crippen molar-refractivity contribution in [1.29, 1.82) is 0 Å². The van der Waals surface area contributed by atoms with Gasteiger partial charge in [0.15, 0.2) is 0 Å². The Hall–Kier alpha value is 0.01000. The average molecular weight is 229 g/mol. The maximum Gasteiger partial charge on any atom is 0.0386 e. The zero-order chi connectivity index (χ0) is 10.2. The lowest BCUT2D eigenvalue weighted by molar-refractivity contribution is 0.610. The van der Waals surface area contributed by atoms with E-state index in [0.29, 0.717) is 6.04 Å². The largest absolute Gasteiger partial charge is 0.309 e. The molecule has 1 nitrogen and oxygen atoms in total. The lowest BCUT2D eigenvalue weighted by atomic mass is 10.3. The van der Waals surface area contributed by atoms with Crippen LogP contribution in [0.4, 0.5) is 0 Å². The standard InChI is InChI=1S/C11H19NS2/c1-3-7-13-9-6-12-10(2)11-5-4-8-14-11/h4-5,8,10,12H,3,6-7,9H2,1-2H3. The third kappa shape index (κ3) is 4.49. The minimum atomic E-state index is 0.511. The van der Waals surface area contributed by atoms with Crippen LogP contribution in [0, 0.1) is 0 Å². The van der Waals surface area contributed by atoms with Gasteiger partial charge in [0.05, 0.1) is 0 Å². The van der Waals surface area contributed by atoms with Crippen molar-refractivity contribution in [2.75, 3.05) is 18.1 Å². The molecule has 3 heteroatoms. The van der Waals surface area contributed by atoms with Gasteiger partial charge < -0.3 is 5.32 Å². The van der Waals surface area contributed by atoms with E-state index < -0.39 is 0 Å². The molecule has 0 bridgehead atoms. The molecule has 0 aliphatic rings. The van der Waals surface area contributed by atoms with Gasteiger partial charge in [0.2, 0.25) is 0 Å². The van der Waals surface area contributed by atoms with Crippen molar-refractivity contribution in [3.05, 3.63) is 22.4 Å². The Labute approximate surface area is 95.3 Å². The van der Waals surface area contributed by atoms with Crippen molar-refractivity contribution in [3.8, 4) is 0 Å². The summed E-state index contributed by atoms with van der Waals surface area (Å²) in [6, 6.07) is 4.82. The molecule has 0 amide bonds. The molecule has 0 aliphatic heterocycles. The van der Waals surface area contributed by atoms with Gasteiger partial charge in [0, 0.05) is 23.2 Å². The van der Waals surface area contributed by atoms with Crippen LogP contribution in [0.3, 0.4) is 0 Å². The van der Waals surface area contributed by atoms with E-state index >= 15 is 0 Å². The normalized spacial score (nSPS) is 13.0. The molecular weight excluding hydrogens is 210 g/mol. The number of hydrogen-bond donors (Lipinski definition) is 1. The highest BCUT2D eigenvalue weighted by Gasteiger charge is 2.03. The fraction of sp³-hybridized carbons (Fsp3) is 0.636. The van der Waals surface area contributed by atoms with Crippen LogP contribution in [0.25, 0.3) is 0 Å². The first-order valence-corrected chi connectivity index (χ1v) is 7.22. The van der Waals surface area contributed by atoms with Crippen molar-refractivity contribution in [1.82, 2.24) is 5.32 Å². The van der Waals surface area contributed by atoms with Crippen molar-refractivity contribution < 1.29 is 0 Å². The first-order valence-electron chi connectivity index (χ1n) is 5.19. The highest BCUT2D eigenvalue weighted by Crippen LogP contribution is 2.17. The van der Waals surface area contributed by atoms with Crippen LogP contribution in [0.2, 0.25) is 0 Å². The van der Waals surface area contributed by atoms with E-state index in [4.69, 9.17) is 0 Å². The third-order valence-electron chi connectivity index (χ3n) is 2.02. The van der Waals surface area contributed by atoms with Crippen molar-refractivity contribution >= 4 is 23.1 Å². The van der Waals surface area contributed by atoms with E-state index in [0.717, 1.165) is 6.54 Å². The second-order valence-corrected chi connectivity index (χ2v) is 5.51. The minimum absolute atomic E-state index is 0.511. The summed E-state index contributed by atoms with van der Waals surface area (Å²) in [5, 5.41) is 5.67. The fourth-order valence-electron chi connectivity index (χ4n) is 1.23. The summed E-state index contributed by atoms with van der Waals surface area (Å²) < 4.78 is 0. The van der Waals surface area contributed by atoms with Crippen LogP contribution in [0.5, 0.6) is 0 Å². The summed E-state index contributed by atoms with van der Waals surface area (Å²) in [6.45, 7) is 5.58. The van der Waals surface area contributed by atoms with Gasteiger partial charge >= 0.3 is 0 Å². The minimum Gasteiger partial charge on any atom is -0.309 e. The third-order valence-corrected chi connectivity index (χ3v) is 4.26. The molecule has 0 fully saturated rings. The molecule has 80 valence electrons. The SMILES string of the molecule is CCCSCCNC(C)c1cccs1. The predicted molar refractivity (Wildman–Crippen MR) is 68.4 cm³/mol. The summed E-state index contributed by atoms with van der Waals surface area (Å²) in [5.41, 5.74) is 0. The Kier molecular flexibility index (Phi) is 6.32. The molecule has 0 saturated carbocycles. The predicted octanol–water partition coefficient (Wildman–Crippen LogP) is 3.54.